The third kappa shape index (κ3) is 1.50. The van der Waals surface area contributed by atoms with Gasteiger partial charge in [0.15, 0.2) is 4.77 Å². The molecule has 0 spiro atoms. The molecule has 14 heavy (non-hydrogen) atoms. The summed E-state index contributed by atoms with van der Waals surface area (Å²) >= 11 is 5.07. The van der Waals surface area contributed by atoms with E-state index in [4.69, 9.17) is 16.6 Å². The van der Waals surface area contributed by atoms with Crippen LogP contribution in [0.4, 0.5) is 0 Å². The summed E-state index contributed by atoms with van der Waals surface area (Å²) in [5.74, 6) is 1.79. The van der Waals surface area contributed by atoms with Crippen molar-refractivity contribution < 1.29 is 4.42 Å². The smallest absolute Gasteiger partial charge is 0.195 e. The summed E-state index contributed by atoms with van der Waals surface area (Å²) in [6.07, 6.45) is 1.67. The molecule has 0 amide bonds. The molecule has 0 fully saturated rings. The Kier molecular flexibility index (Phi) is 2.25. The van der Waals surface area contributed by atoms with Crippen LogP contribution < -0.4 is 0 Å². The van der Waals surface area contributed by atoms with Crippen molar-refractivity contribution >= 4 is 12.2 Å². The molecule has 5 heteroatoms. The van der Waals surface area contributed by atoms with Crippen molar-refractivity contribution in [1.29, 1.82) is 0 Å². The molecular formula is C9H11N3OS. The third-order valence-corrected chi connectivity index (χ3v) is 2.47. The quantitative estimate of drug-likeness (QED) is 0.773. The highest BCUT2D eigenvalue weighted by Gasteiger charge is 2.11. The first-order valence-corrected chi connectivity index (χ1v) is 4.77. The normalized spacial score (nSPS) is 13.0. The van der Waals surface area contributed by atoms with E-state index in [0.717, 1.165) is 11.5 Å². The Bertz CT molecular complexity index is 482. The number of H-pyrrole nitrogens is 1. The Morgan fingerprint density at radius 1 is 1.57 bits per heavy atom. The van der Waals surface area contributed by atoms with Gasteiger partial charge in [-0.2, -0.15) is 5.10 Å². The van der Waals surface area contributed by atoms with Gasteiger partial charge in [0.1, 0.15) is 17.8 Å². The van der Waals surface area contributed by atoms with Gasteiger partial charge >= 0.3 is 0 Å². The highest BCUT2D eigenvalue weighted by Crippen LogP contribution is 2.19. The molecule has 0 saturated heterocycles. The van der Waals surface area contributed by atoms with Crippen molar-refractivity contribution in [2.24, 2.45) is 0 Å². The van der Waals surface area contributed by atoms with Crippen LogP contribution in [0.2, 0.25) is 0 Å². The number of hydrogen-bond acceptors (Lipinski definition) is 3. The van der Waals surface area contributed by atoms with E-state index in [0.29, 0.717) is 4.77 Å². The van der Waals surface area contributed by atoms with Crippen molar-refractivity contribution in [1.82, 2.24) is 14.8 Å². The SMILES string of the molecule is Cc1ccc(C(C)n2cn[nH]c2=S)o1. The molecule has 1 N–H and O–H groups in total. The topological polar surface area (TPSA) is 46.8 Å². The number of aryl methyl sites for hydroxylation is 1. The molecule has 0 aliphatic carbocycles. The van der Waals surface area contributed by atoms with Crippen molar-refractivity contribution in [3.8, 4) is 0 Å². The molecule has 2 aromatic rings. The summed E-state index contributed by atoms with van der Waals surface area (Å²) in [6, 6.07) is 3.97. The summed E-state index contributed by atoms with van der Waals surface area (Å²) in [5.41, 5.74) is 0. The first-order valence-electron chi connectivity index (χ1n) is 4.36. The molecule has 1 unspecified atom stereocenters. The highest BCUT2D eigenvalue weighted by molar-refractivity contribution is 7.71. The largest absolute Gasteiger partial charge is 0.464 e. The van der Waals surface area contributed by atoms with Crippen LogP contribution in [0.15, 0.2) is 22.9 Å². The van der Waals surface area contributed by atoms with Gasteiger partial charge in [0, 0.05) is 0 Å². The predicted molar refractivity (Wildman–Crippen MR) is 54.7 cm³/mol. The maximum absolute atomic E-state index is 5.52. The lowest BCUT2D eigenvalue weighted by atomic mass is 10.2. The molecule has 2 heterocycles. The van der Waals surface area contributed by atoms with Crippen LogP contribution in [0.5, 0.6) is 0 Å². The predicted octanol–water partition coefficient (Wildman–Crippen LogP) is 2.45. The number of hydrogen-bond donors (Lipinski definition) is 1. The summed E-state index contributed by atoms with van der Waals surface area (Å²) in [6.45, 7) is 3.94. The zero-order valence-electron chi connectivity index (χ0n) is 8.02. The Balaban J connectivity index is 2.38. The lowest BCUT2D eigenvalue weighted by molar-refractivity contribution is 0.427. The van der Waals surface area contributed by atoms with Gasteiger partial charge in [-0.3, -0.25) is 9.67 Å². The second-order valence-corrected chi connectivity index (χ2v) is 3.58. The van der Waals surface area contributed by atoms with Crippen molar-refractivity contribution in [2.75, 3.05) is 0 Å². The molecule has 0 saturated carbocycles. The van der Waals surface area contributed by atoms with E-state index >= 15 is 0 Å². The summed E-state index contributed by atoms with van der Waals surface area (Å²) in [7, 11) is 0. The molecule has 0 aromatic carbocycles. The molecule has 74 valence electrons. The summed E-state index contributed by atoms with van der Waals surface area (Å²) < 4.78 is 7.97. The molecule has 2 aromatic heterocycles. The Hall–Kier alpha value is -1.36. The van der Waals surface area contributed by atoms with Crippen LogP contribution in [0.25, 0.3) is 0 Å². The van der Waals surface area contributed by atoms with E-state index in [2.05, 4.69) is 10.2 Å². The van der Waals surface area contributed by atoms with Gasteiger partial charge in [-0.15, -0.1) is 0 Å². The van der Waals surface area contributed by atoms with Crippen LogP contribution in [0, 0.1) is 11.7 Å². The summed E-state index contributed by atoms with van der Waals surface area (Å²) in [4.78, 5) is 0. The van der Waals surface area contributed by atoms with E-state index in [1.54, 1.807) is 6.33 Å². The van der Waals surface area contributed by atoms with E-state index in [1.165, 1.54) is 0 Å². The zero-order chi connectivity index (χ0) is 10.1. The average molecular weight is 209 g/mol. The van der Waals surface area contributed by atoms with Crippen molar-refractivity contribution in [3.63, 3.8) is 0 Å². The van der Waals surface area contributed by atoms with Crippen molar-refractivity contribution in [3.05, 3.63) is 34.8 Å². The fourth-order valence-corrected chi connectivity index (χ4v) is 1.61. The number of rotatable bonds is 2. The monoisotopic (exact) mass is 209 g/mol. The molecular weight excluding hydrogens is 198 g/mol. The van der Waals surface area contributed by atoms with Crippen LogP contribution in [-0.2, 0) is 0 Å². The maximum Gasteiger partial charge on any atom is 0.195 e. The lowest BCUT2D eigenvalue weighted by Gasteiger charge is -2.08. The van der Waals surface area contributed by atoms with Gasteiger partial charge in [-0.25, -0.2) is 0 Å². The average Bonchev–Trinajstić information content (AvgIpc) is 2.73. The Labute approximate surface area is 86.6 Å². The zero-order valence-corrected chi connectivity index (χ0v) is 8.84. The van der Waals surface area contributed by atoms with Gasteiger partial charge < -0.3 is 4.42 Å². The highest BCUT2D eigenvalue weighted by atomic mass is 32.1. The minimum Gasteiger partial charge on any atom is -0.464 e. The third-order valence-electron chi connectivity index (χ3n) is 2.17. The minimum atomic E-state index is 0.0787. The first kappa shape index (κ1) is 9.21. The second kappa shape index (κ2) is 3.42. The number of nitrogens with one attached hydrogen (secondary N) is 1. The van der Waals surface area contributed by atoms with Gasteiger partial charge in [0.05, 0.1) is 6.04 Å². The van der Waals surface area contributed by atoms with Crippen LogP contribution in [0.1, 0.15) is 24.5 Å². The van der Waals surface area contributed by atoms with Crippen LogP contribution in [0.3, 0.4) is 0 Å². The van der Waals surface area contributed by atoms with E-state index in [9.17, 15) is 0 Å². The second-order valence-electron chi connectivity index (χ2n) is 3.19. The molecule has 0 aliphatic heterocycles. The summed E-state index contributed by atoms with van der Waals surface area (Å²) in [5, 5.41) is 6.58. The van der Waals surface area contributed by atoms with E-state index < -0.39 is 0 Å². The molecule has 1 atom stereocenters. The minimum absolute atomic E-state index is 0.0787. The van der Waals surface area contributed by atoms with Gasteiger partial charge in [-0.1, -0.05) is 0 Å². The van der Waals surface area contributed by atoms with Gasteiger partial charge in [-0.05, 0) is 38.2 Å². The molecule has 0 bridgehead atoms. The van der Waals surface area contributed by atoms with Gasteiger partial charge in [0.25, 0.3) is 0 Å². The van der Waals surface area contributed by atoms with E-state index in [1.807, 2.05) is 30.5 Å². The maximum atomic E-state index is 5.52. The number of nitrogens with zero attached hydrogens (tertiary/aromatic N) is 2. The fraction of sp³-hybridized carbons (Fsp3) is 0.333. The van der Waals surface area contributed by atoms with Crippen molar-refractivity contribution in [2.45, 2.75) is 19.9 Å². The fourth-order valence-electron chi connectivity index (χ4n) is 1.35. The molecule has 2 rings (SSSR count). The van der Waals surface area contributed by atoms with Crippen LogP contribution in [-0.4, -0.2) is 14.8 Å². The van der Waals surface area contributed by atoms with Gasteiger partial charge in [0.2, 0.25) is 0 Å². The van der Waals surface area contributed by atoms with Crippen LogP contribution >= 0.6 is 12.2 Å². The number of furan rings is 1. The van der Waals surface area contributed by atoms with E-state index in [-0.39, 0.29) is 6.04 Å². The standard InChI is InChI=1S/C9H11N3OS/c1-6-3-4-8(13-6)7(2)12-5-10-11-9(12)14/h3-5,7H,1-2H3,(H,11,14). The number of aromatic nitrogens is 3. The number of aromatic amines is 1. The Morgan fingerprint density at radius 2 is 2.36 bits per heavy atom. The molecule has 4 nitrogen and oxygen atoms in total. The molecule has 0 radical (unpaired) electrons. The lowest BCUT2D eigenvalue weighted by Crippen LogP contribution is -2.04. The molecule has 0 aliphatic rings. The first-order chi connectivity index (χ1) is 6.68. The Morgan fingerprint density at radius 3 is 2.86 bits per heavy atom.